The van der Waals surface area contributed by atoms with Gasteiger partial charge in [-0.05, 0) is 13.8 Å². The van der Waals surface area contributed by atoms with Crippen LogP contribution in [0.25, 0.3) is 0 Å². The van der Waals surface area contributed by atoms with Gasteiger partial charge in [-0.3, -0.25) is 0 Å². The summed E-state index contributed by atoms with van der Waals surface area (Å²) in [4.78, 5) is 15.2. The number of hydrogen-bond donors (Lipinski definition) is 1. The third-order valence-corrected chi connectivity index (χ3v) is 1.62. The molecule has 1 unspecified atom stereocenters. The van der Waals surface area contributed by atoms with Crippen LogP contribution < -0.4 is 5.73 Å². The maximum atomic E-state index is 11.2. The molecule has 0 saturated heterocycles. The minimum absolute atomic E-state index is 0.246. The first-order chi connectivity index (χ1) is 6.15. The first-order valence-corrected chi connectivity index (χ1v) is 4.27. The average molecular weight is 186 g/mol. The molecule has 5 nitrogen and oxygen atoms in total. The molecule has 0 aromatic heterocycles. The zero-order valence-electron chi connectivity index (χ0n) is 7.82. The van der Waals surface area contributed by atoms with E-state index in [1.54, 1.807) is 13.8 Å². The first-order valence-electron chi connectivity index (χ1n) is 4.27. The number of carbonyl (C=O) groups excluding carboxylic acids is 1. The summed E-state index contributed by atoms with van der Waals surface area (Å²) in [6.07, 6.45) is 0. The molecule has 74 valence electrons. The zero-order valence-corrected chi connectivity index (χ0v) is 7.82. The summed E-state index contributed by atoms with van der Waals surface area (Å²) < 4.78 is 9.91. The number of hydrogen-bond acceptors (Lipinski definition) is 5. The third-order valence-electron chi connectivity index (χ3n) is 1.62. The molecule has 0 fully saturated rings. The summed E-state index contributed by atoms with van der Waals surface area (Å²) >= 11 is 0. The standard InChI is InChI=1S/C8H14N2O3/c1-3-12-8(11)6-4-13-7(10-6)5(2)9/h5-6H,3-4,9H2,1-2H3/t5?,6-/m0/s1. The monoisotopic (exact) mass is 186 g/mol. The second kappa shape index (κ2) is 4.23. The number of aliphatic imine (C=N–C) groups is 1. The minimum Gasteiger partial charge on any atom is -0.477 e. The van der Waals surface area contributed by atoms with Crippen molar-refractivity contribution in [1.82, 2.24) is 0 Å². The summed E-state index contributed by atoms with van der Waals surface area (Å²) in [6.45, 7) is 4.12. The Morgan fingerprint density at radius 1 is 1.92 bits per heavy atom. The highest BCUT2D eigenvalue weighted by molar-refractivity contribution is 5.88. The predicted molar refractivity (Wildman–Crippen MR) is 47.5 cm³/mol. The van der Waals surface area contributed by atoms with Crippen molar-refractivity contribution in [3.63, 3.8) is 0 Å². The van der Waals surface area contributed by atoms with E-state index in [9.17, 15) is 4.79 Å². The van der Waals surface area contributed by atoms with Gasteiger partial charge in [0.25, 0.3) is 0 Å². The van der Waals surface area contributed by atoms with Crippen LogP contribution in [0.5, 0.6) is 0 Å². The van der Waals surface area contributed by atoms with Crippen LogP contribution in [-0.2, 0) is 14.3 Å². The van der Waals surface area contributed by atoms with Crippen molar-refractivity contribution in [3.05, 3.63) is 0 Å². The van der Waals surface area contributed by atoms with E-state index < -0.39 is 6.04 Å². The lowest BCUT2D eigenvalue weighted by Crippen LogP contribution is -2.26. The highest BCUT2D eigenvalue weighted by Gasteiger charge is 2.28. The van der Waals surface area contributed by atoms with Crippen molar-refractivity contribution in [2.75, 3.05) is 13.2 Å². The normalized spacial score (nSPS) is 23.3. The molecule has 0 bridgehead atoms. The van der Waals surface area contributed by atoms with E-state index in [4.69, 9.17) is 15.2 Å². The van der Waals surface area contributed by atoms with Gasteiger partial charge in [-0.15, -0.1) is 0 Å². The summed E-state index contributed by atoms with van der Waals surface area (Å²) in [7, 11) is 0. The smallest absolute Gasteiger partial charge is 0.334 e. The van der Waals surface area contributed by atoms with Crippen molar-refractivity contribution in [3.8, 4) is 0 Å². The van der Waals surface area contributed by atoms with Crippen molar-refractivity contribution in [2.24, 2.45) is 10.7 Å². The topological polar surface area (TPSA) is 73.9 Å². The molecule has 0 spiro atoms. The molecular formula is C8H14N2O3. The van der Waals surface area contributed by atoms with Crippen molar-refractivity contribution in [2.45, 2.75) is 25.9 Å². The van der Waals surface area contributed by atoms with Gasteiger partial charge in [0, 0.05) is 0 Å². The van der Waals surface area contributed by atoms with E-state index in [-0.39, 0.29) is 18.6 Å². The van der Waals surface area contributed by atoms with E-state index in [0.29, 0.717) is 12.5 Å². The predicted octanol–water partition coefficient (Wildman–Crippen LogP) is -0.306. The Labute approximate surface area is 76.9 Å². The molecule has 1 aliphatic heterocycles. The second-order valence-corrected chi connectivity index (χ2v) is 2.83. The SMILES string of the molecule is CCOC(=O)[C@@H]1COC(C(C)N)=N1. The van der Waals surface area contributed by atoms with Crippen LogP contribution in [0.2, 0.25) is 0 Å². The van der Waals surface area contributed by atoms with Gasteiger partial charge in [0.2, 0.25) is 5.90 Å². The minimum atomic E-state index is -0.527. The summed E-state index contributed by atoms with van der Waals surface area (Å²) in [5.41, 5.74) is 5.53. The molecule has 13 heavy (non-hydrogen) atoms. The van der Waals surface area contributed by atoms with Crippen molar-refractivity contribution < 1.29 is 14.3 Å². The highest BCUT2D eigenvalue weighted by Crippen LogP contribution is 2.07. The largest absolute Gasteiger partial charge is 0.477 e. The Morgan fingerprint density at radius 2 is 2.62 bits per heavy atom. The van der Waals surface area contributed by atoms with Crippen LogP contribution >= 0.6 is 0 Å². The Bertz CT molecular complexity index is 225. The molecule has 0 aromatic carbocycles. The van der Waals surface area contributed by atoms with Gasteiger partial charge in [0.1, 0.15) is 6.61 Å². The number of esters is 1. The van der Waals surface area contributed by atoms with Gasteiger partial charge in [-0.1, -0.05) is 0 Å². The number of nitrogens with zero attached hydrogens (tertiary/aromatic N) is 1. The summed E-state index contributed by atoms with van der Waals surface area (Å²) in [5.74, 6) is 0.0798. The second-order valence-electron chi connectivity index (χ2n) is 2.83. The van der Waals surface area contributed by atoms with E-state index in [1.165, 1.54) is 0 Å². The van der Waals surface area contributed by atoms with E-state index in [2.05, 4.69) is 4.99 Å². The fraction of sp³-hybridized carbons (Fsp3) is 0.750. The highest BCUT2D eigenvalue weighted by atomic mass is 16.5. The van der Waals surface area contributed by atoms with Gasteiger partial charge >= 0.3 is 5.97 Å². The molecule has 5 heteroatoms. The number of rotatable bonds is 3. The lowest BCUT2D eigenvalue weighted by Gasteiger charge is -2.03. The maximum Gasteiger partial charge on any atom is 0.334 e. The van der Waals surface area contributed by atoms with Crippen LogP contribution in [0.4, 0.5) is 0 Å². The molecule has 0 saturated carbocycles. The van der Waals surface area contributed by atoms with Gasteiger partial charge in [0.05, 0.1) is 12.6 Å². The van der Waals surface area contributed by atoms with Gasteiger partial charge in [-0.25, -0.2) is 9.79 Å². The number of carbonyl (C=O) groups is 1. The van der Waals surface area contributed by atoms with E-state index in [1.807, 2.05) is 0 Å². The molecule has 2 N–H and O–H groups in total. The molecular weight excluding hydrogens is 172 g/mol. The molecule has 0 amide bonds. The van der Waals surface area contributed by atoms with Crippen LogP contribution in [0.1, 0.15) is 13.8 Å². The number of nitrogens with two attached hydrogens (primary N) is 1. The Kier molecular flexibility index (Phi) is 3.25. The van der Waals surface area contributed by atoms with Crippen molar-refractivity contribution >= 4 is 11.9 Å². The van der Waals surface area contributed by atoms with E-state index >= 15 is 0 Å². The molecule has 0 radical (unpaired) electrons. The lowest BCUT2D eigenvalue weighted by atomic mass is 10.3. The zero-order chi connectivity index (χ0) is 9.84. The van der Waals surface area contributed by atoms with Gasteiger partial charge in [-0.2, -0.15) is 0 Å². The van der Waals surface area contributed by atoms with Crippen LogP contribution in [0.15, 0.2) is 4.99 Å². The molecule has 1 heterocycles. The summed E-state index contributed by atoms with van der Waals surface area (Å²) in [5, 5.41) is 0. The molecule has 1 aliphatic rings. The molecule has 0 aliphatic carbocycles. The number of ether oxygens (including phenoxy) is 2. The van der Waals surface area contributed by atoms with E-state index in [0.717, 1.165) is 0 Å². The molecule has 2 atom stereocenters. The fourth-order valence-electron chi connectivity index (χ4n) is 1.00. The quantitative estimate of drug-likeness (QED) is 0.614. The van der Waals surface area contributed by atoms with Crippen LogP contribution in [-0.4, -0.2) is 37.2 Å². The van der Waals surface area contributed by atoms with Crippen LogP contribution in [0.3, 0.4) is 0 Å². The van der Waals surface area contributed by atoms with Crippen LogP contribution in [0, 0.1) is 0 Å². The van der Waals surface area contributed by atoms with Gasteiger partial charge in [0.15, 0.2) is 6.04 Å². The van der Waals surface area contributed by atoms with Crippen molar-refractivity contribution in [1.29, 1.82) is 0 Å². The lowest BCUT2D eigenvalue weighted by molar-refractivity contribution is -0.144. The maximum absolute atomic E-state index is 11.2. The molecule has 1 rings (SSSR count). The molecule has 0 aromatic rings. The van der Waals surface area contributed by atoms with Gasteiger partial charge < -0.3 is 15.2 Å². The summed E-state index contributed by atoms with van der Waals surface area (Å²) in [6, 6.07) is -0.791. The third kappa shape index (κ3) is 2.42. The Morgan fingerprint density at radius 3 is 3.08 bits per heavy atom. The Balaban J connectivity index is 2.52. The fourth-order valence-corrected chi connectivity index (χ4v) is 1.00. The first kappa shape index (κ1) is 9.98. The average Bonchev–Trinajstić information content (AvgIpc) is 2.52. The Hall–Kier alpha value is -1.10.